The van der Waals surface area contributed by atoms with Gasteiger partial charge in [-0.3, -0.25) is 15.3 Å². The molecule has 0 heterocycles. The van der Waals surface area contributed by atoms with E-state index in [0.717, 1.165) is 43.0 Å². The maximum absolute atomic E-state index is 9.67. The van der Waals surface area contributed by atoms with Crippen LogP contribution in [0, 0.1) is 5.92 Å². The van der Waals surface area contributed by atoms with Gasteiger partial charge in [-0.2, -0.15) is 0 Å². The molecule has 0 saturated heterocycles. The minimum absolute atomic E-state index is 0.359. The van der Waals surface area contributed by atoms with E-state index in [-0.39, 0.29) is 0 Å². The summed E-state index contributed by atoms with van der Waals surface area (Å²) in [5.41, 5.74) is 7.37. The molecule has 1 saturated carbocycles. The first kappa shape index (κ1) is 16.7. The summed E-state index contributed by atoms with van der Waals surface area (Å²) in [5.74, 6) is 1.25. The van der Waals surface area contributed by atoms with E-state index < -0.39 is 0 Å². The minimum Gasteiger partial charge on any atom is -0.343 e. The van der Waals surface area contributed by atoms with Gasteiger partial charge in [-0.25, -0.2) is 0 Å². The number of allylic oxidation sites excluding steroid dienone is 2. The van der Waals surface area contributed by atoms with Crippen LogP contribution in [-0.4, -0.2) is 35.7 Å². The monoisotopic (exact) mass is 280 g/mol. The summed E-state index contributed by atoms with van der Waals surface area (Å²) < 4.78 is 0. The largest absolute Gasteiger partial charge is 0.343 e. The van der Waals surface area contributed by atoms with Crippen molar-refractivity contribution in [2.75, 3.05) is 13.6 Å². The normalized spacial score (nSPS) is 24.4. The molecule has 1 rings (SSSR count). The van der Waals surface area contributed by atoms with E-state index >= 15 is 0 Å². The number of nitrogens with two attached hydrogens (primary N) is 1. The number of aliphatic imine (C=N–C) groups is 1. The van der Waals surface area contributed by atoms with E-state index in [1.54, 1.807) is 7.05 Å². The molecule has 4 N–H and O–H groups in total. The smallest absolute Gasteiger partial charge is 0.151 e. The maximum atomic E-state index is 9.67. The molecule has 5 heteroatoms. The molecule has 20 heavy (non-hydrogen) atoms. The number of hydrogen-bond donors (Lipinski definition) is 3. The van der Waals surface area contributed by atoms with Gasteiger partial charge >= 0.3 is 0 Å². The van der Waals surface area contributed by atoms with Crippen molar-refractivity contribution in [3.05, 3.63) is 24.0 Å². The second kappa shape index (κ2) is 8.07. The first-order valence-electron chi connectivity index (χ1n) is 7.25. The molecular formula is C15H28N4O. The van der Waals surface area contributed by atoms with E-state index in [0.29, 0.717) is 23.5 Å². The number of likely N-dealkylation sites (N-methyl/N-ethyl adjacent to an activating group) is 1. The highest BCUT2D eigenvalue weighted by atomic mass is 16.5. The van der Waals surface area contributed by atoms with Crippen LogP contribution < -0.4 is 11.1 Å². The summed E-state index contributed by atoms with van der Waals surface area (Å²) >= 11 is 0. The molecule has 0 unspecified atom stereocenters. The van der Waals surface area contributed by atoms with Crippen LogP contribution in [0.1, 0.15) is 39.5 Å². The van der Waals surface area contributed by atoms with Gasteiger partial charge in [-0.15, -0.1) is 0 Å². The third-order valence-corrected chi connectivity index (χ3v) is 3.60. The first-order valence-corrected chi connectivity index (χ1v) is 7.25. The van der Waals surface area contributed by atoms with Gasteiger partial charge in [-0.1, -0.05) is 12.7 Å². The van der Waals surface area contributed by atoms with Crippen molar-refractivity contribution in [3.8, 4) is 0 Å². The van der Waals surface area contributed by atoms with Crippen molar-refractivity contribution in [2.45, 2.75) is 45.6 Å². The summed E-state index contributed by atoms with van der Waals surface area (Å²) in [7, 11) is 1.59. The summed E-state index contributed by atoms with van der Waals surface area (Å²) in [5, 5.41) is 13.9. The molecular weight excluding hydrogens is 252 g/mol. The van der Waals surface area contributed by atoms with Crippen LogP contribution in [0.3, 0.4) is 0 Å². The van der Waals surface area contributed by atoms with Crippen molar-refractivity contribution >= 4 is 5.84 Å². The number of nitrogens with zero attached hydrogens (tertiary/aromatic N) is 2. The lowest BCUT2D eigenvalue weighted by Gasteiger charge is -2.25. The Morgan fingerprint density at radius 1 is 1.45 bits per heavy atom. The van der Waals surface area contributed by atoms with Gasteiger partial charge in [0.25, 0.3) is 0 Å². The van der Waals surface area contributed by atoms with Crippen LogP contribution in [0.4, 0.5) is 0 Å². The quantitative estimate of drug-likeness (QED) is 0.410. The average Bonchev–Trinajstić information content (AvgIpc) is 2.37. The molecule has 0 amide bonds. The Hall–Kier alpha value is -1.33. The van der Waals surface area contributed by atoms with Crippen molar-refractivity contribution in [1.82, 2.24) is 10.4 Å². The Labute approximate surface area is 122 Å². The zero-order valence-corrected chi connectivity index (χ0v) is 12.9. The van der Waals surface area contributed by atoms with E-state index in [9.17, 15) is 5.21 Å². The van der Waals surface area contributed by atoms with Crippen molar-refractivity contribution in [2.24, 2.45) is 16.6 Å². The molecule has 0 aromatic heterocycles. The maximum Gasteiger partial charge on any atom is 0.151 e. The molecule has 0 atom stereocenters. The fourth-order valence-corrected chi connectivity index (χ4v) is 2.45. The van der Waals surface area contributed by atoms with Gasteiger partial charge in [0.2, 0.25) is 0 Å². The summed E-state index contributed by atoms with van der Waals surface area (Å²) in [6.45, 7) is 8.34. The molecule has 0 aromatic rings. The molecule has 0 spiro atoms. The molecule has 5 nitrogen and oxygen atoms in total. The minimum atomic E-state index is 0.359. The highest BCUT2D eigenvalue weighted by Crippen LogP contribution is 2.23. The van der Waals surface area contributed by atoms with Crippen LogP contribution in [-0.2, 0) is 0 Å². The second-order valence-corrected chi connectivity index (χ2v) is 5.57. The van der Waals surface area contributed by atoms with Crippen LogP contribution >= 0.6 is 0 Å². The predicted octanol–water partition coefficient (Wildman–Crippen LogP) is 2.25. The van der Waals surface area contributed by atoms with Gasteiger partial charge in [0.15, 0.2) is 5.84 Å². The fourth-order valence-electron chi connectivity index (χ4n) is 2.45. The Morgan fingerprint density at radius 2 is 2.05 bits per heavy atom. The van der Waals surface area contributed by atoms with Gasteiger partial charge in [0, 0.05) is 25.3 Å². The number of nitrogens with one attached hydrogen (secondary N) is 1. The highest BCUT2D eigenvalue weighted by Gasteiger charge is 2.19. The van der Waals surface area contributed by atoms with E-state index in [1.807, 2.05) is 19.9 Å². The van der Waals surface area contributed by atoms with Crippen molar-refractivity contribution in [3.63, 3.8) is 0 Å². The Morgan fingerprint density at radius 3 is 2.50 bits per heavy atom. The SMILES string of the molecule is C=C(C)NC(=NCC1CCC(N)CC1)/C(=C\C)N(C)O. The lowest BCUT2D eigenvalue weighted by atomic mass is 9.86. The zero-order valence-electron chi connectivity index (χ0n) is 12.9. The Bertz CT molecular complexity index is 379. The van der Waals surface area contributed by atoms with Crippen LogP contribution in [0.5, 0.6) is 0 Å². The molecule has 1 aliphatic carbocycles. The average molecular weight is 280 g/mol. The molecule has 0 bridgehead atoms. The van der Waals surface area contributed by atoms with Crippen molar-refractivity contribution in [1.29, 1.82) is 0 Å². The molecule has 1 aliphatic rings. The molecule has 1 fully saturated rings. The third kappa shape index (κ3) is 5.35. The number of rotatable bonds is 5. The zero-order chi connectivity index (χ0) is 15.1. The fraction of sp³-hybridized carbons (Fsp3) is 0.667. The molecule has 114 valence electrons. The number of hydroxylamine groups is 2. The van der Waals surface area contributed by atoms with E-state index in [4.69, 9.17) is 5.73 Å². The van der Waals surface area contributed by atoms with Gasteiger partial charge < -0.3 is 11.1 Å². The lowest BCUT2D eigenvalue weighted by Crippen LogP contribution is -2.32. The number of hydrogen-bond acceptors (Lipinski definition) is 4. The standard InChI is InChI=1S/C15H28N4O/c1-5-14(19(4)20)15(18-11(2)3)17-10-12-6-8-13(16)9-7-12/h5,12-13,20H,2,6-10,16H2,1,3-4H3,(H,17,18)/b14-5+. The third-order valence-electron chi connectivity index (χ3n) is 3.60. The van der Waals surface area contributed by atoms with Crippen LogP contribution in [0.15, 0.2) is 29.0 Å². The lowest BCUT2D eigenvalue weighted by molar-refractivity contribution is -0.0214. The molecule has 0 aliphatic heterocycles. The predicted molar refractivity (Wildman–Crippen MR) is 83.5 cm³/mol. The van der Waals surface area contributed by atoms with Crippen LogP contribution in [0.25, 0.3) is 0 Å². The van der Waals surface area contributed by atoms with Gasteiger partial charge in [0.1, 0.15) is 5.70 Å². The topological polar surface area (TPSA) is 73.9 Å². The summed E-state index contributed by atoms with van der Waals surface area (Å²) in [6, 6.07) is 0.359. The summed E-state index contributed by atoms with van der Waals surface area (Å²) in [6.07, 6.45) is 6.25. The van der Waals surface area contributed by atoms with Gasteiger partial charge in [-0.05, 0) is 45.4 Å². The second-order valence-electron chi connectivity index (χ2n) is 5.57. The van der Waals surface area contributed by atoms with E-state index in [2.05, 4.69) is 16.9 Å². The van der Waals surface area contributed by atoms with Gasteiger partial charge in [0.05, 0.1) is 0 Å². The summed E-state index contributed by atoms with van der Waals surface area (Å²) in [4.78, 5) is 4.64. The van der Waals surface area contributed by atoms with Crippen LogP contribution in [0.2, 0.25) is 0 Å². The number of amidine groups is 1. The highest BCUT2D eigenvalue weighted by molar-refractivity contribution is 5.98. The van der Waals surface area contributed by atoms with E-state index in [1.165, 1.54) is 0 Å². The first-order chi connectivity index (χ1) is 9.43. The Balaban J connectivity index is 2.72. The Kier molecular flexibility index (Phi) is 6.75. The molecule has 0 aromatic carbocycles. The molecule has 0 radical (unpaired) electrons. The van der Waals surface area contributed by atoms with Crippen molar-refractivity contribution < 1.29 is 5.21 Å².